The molecule has 1 aliphatic heterocycles. The second-order valence-corrected chi connectivity index (χ2v) is 4.91. The summed E-state index contributed by atoms with van der Waals surface area (Å²) in [5.41, 5.74) is 1.14. The minimum atomic E-state index is 0.401. The highest BCUT2D eigenvalue weighted by Gasteiger charge is 2.18. The summed E-state index contributed by atoms with van der Waals surface area (Å²) in [6, 6.07) is 5.99. The van der Waals surface area contributed by atoms with Gasteiger partial charge in [0.2, 0.25) is 0 Å². The third kappa shape index (κ3) is 3.99. The first-order chi connectivity index (χ1) is 9.85. The molecule has 1 fully saturated rings. The molecular weight excluding hydrogens is 254 g/mol. The van der Waals surface area contributed by atoms with Gasteiger partial charge >= 0.3 is 0 Å². The van der Waals surface area contributed by atoms with Crippen molar-refractivity contribution in [3.8, 4) is 11.5 Å². The highest BCUT2D eigenvalue weighted by molar-refractivity contribution is 5.46. The molecule has 1 atom stereocenters. The lowest BCUT2D eigenvalue weighted by molar-refractivity contribution is -0.676. The van der Waals surface area contributed by atoms with Crippen LogP contribution in [0.5, 0.6) is 11.5 Å². The van der Waals surface area contributed by atoms with Gasteiger partial charge in [-0.05, 0) is 25.0 Å². The van der Waals surface area contributed by atoms with Gasteiger partial charge in [0.15, 0.2) is 11.5 Å². The zero-order valence-corrected chi connectivity index (χ0v) is 12.1. The van der Waals surface area contributed by atoms with Crippen LogP contribution in [-0.4, -0.2) is 33.0 Å². The van der Waals surface area contributed by atoms with Gasteiger partial charge in [-0.2, -0.15) is 0 Å². The van der Waals surface area contributed by atoms with Gasteiger partial charge in [-0.15, -0.1) is 0 Å². The summed E-state index contributed by atoms with van der Waals surface area (Å²) in [5.74, 6) is 1.59. The molecule has 0 spiro atoms. The molecule has 1 aliphatic rings. The van der Waals surface area contributed by atoms with Crippen LogP contribution in [0.1, 0.15) is 18.4 Å². The predicted molar refractivity (Wildman–Crippen MR) is 78.2 cm³/mol. The lowest BCUT2D eigenvalue weighted by Crippen LogP contribution is -2.84. The number of quaternary nitrogens is 1. The van der Waals surface area contributed by atoms with Crippen LogP contribution < -0.4 is 14.8 Å². The normalized spacial score (nSPS) is 17.9. The first-order valence-electron chi connectivity index (χ1n) is 7.18. The Morgan fingerprint density at radius 3 is 3.10 bits per heavy atom. The average Bonchev–Trinajstić information content (AvgIpc) is 2.98. The fourth-order valence-corrected chi connectivity index (χ4v) is 2.44. The van der Waals surface area contributed by atoms with Gasteiger partial charge in [-0.25, -0.2) is 0 Å². The van der Waals surface area contributed by atoms with Crippen molar-refractivity contribution in [1.29, 1.82) is 0 Å². The first kappa shape index (κ1) is 14.9. The maximum Gasteiger partial charge on any atom is 0.170 e. The molecule has 0 aliphatic carbocycles. The van der Waals surface area contributed by atoms with Crippen molar-refractivity contribution in [2.75, 3.05) is 26.9 Å². The summed E-state index contributed by atoms with van der Waals surface area (Å²) in [7, 11) is 1.66. The third-order valence-corrected chi connectivity index (χ3v) is 3.44. The van der Waals surface area contributed by atoms with Crippen LogP contribution >= 0.6 is 0 Å². The van der Waals surface area contributed by atoms with Crippen molar-refractivity contribution in [2.24, 2.45) is 0 Å². The van der Waals surface area contributed by atoms with Gasteiger partial charge in [0.1, 0.15) is 25.8 Å². The molecule has 1 aromatic rings. The van der Waals surface area contributed by atoms with E-state index in [1.54, 1.807) is 13.2 Å². The number of nitrogens with two attached hydrogens (primary N) is 1. The van der Waals surface area contributed by atoms with E-state index in [9.17, 15) is 0 Å². The van der Waals surface area contributed by atoms with E-state index in [0.717, 1.165) is 36.8 Å². The monoisotopic (exact) mass is 278 g/mol. The highest BCUT2D eigenvalue weighted by atomic mass is 16.5. The van der Waals surface area contributed by atoms with Gasteiger partial charge in [0.05, 0.1) is 12.7 Å². The summed E-state index contributed by atoms with van der Waals surface area (Å²) in [6.07, 6.45) is 4.50. The Labute approximate surface area is 120 Å². The van der Waals surface area contributed by atoms with Crippen molar-refractivity contribution in [2.45, 2.75) is 25.5 Å². The minimum absolute atomic E-state index is 0.401. The molecule has 1 saturated heterocycles. The smallest absolute Gasteiger partial charge is 0.170 e. The molecule has 4 nitrogen and oxygen atoms in total. The molecule has 1 heterocycles. The van der Waals surface area contributed by atoms with Crippen LogP contribution in [0.2, 0.25) is 0 Å². The molecule has 0 aromatic heterocycles. The number of hydrogen-bond donors (Lipinski definition) is 1. The van der Waals surface area contributed by atoms with E-state index in [1.807, 2.05) is 12.1 Å². The van der Waals surface area contributed by atoms with E-state index in [0.29, 0.717) is 12.7 Å². The highest BCUT2D eigenvalue weighted by Crippen LogP contribution is 2.30. The van der Waals surface area contributed by atoms with E-state index in [2.05, 4.69) is 18.0 Å². The van der Waals surface area contributed by atoms with Crippen LogP contribution in [0.25, 0.3) is 0 Å². The zero-order valence-electron chi connectivity index (χ0n) is 12.1. The Kier molecular flexibility index (Phi) is 5.89. The molecule has 2 N–H and O–H groups in total. The lowest BCUT2D eigenvalue weighted by atomic mass is 10.1. The summed E-state index contributed by atoms with van der Waals surface area (Å²) < 4.78 is 16.7. The predicted octanol–water partition coefficient (Wildman–Crippen LogP) is 1.50. The Bertz CT molecular complexity index is 428. The number of methoxy groups -OCH3 is 1. The Morgan fingerprint density at radius 2 is 2.40 bits per heavy atom. The fourth-order valence-electron chi connectivity index (χ4n) is 2.44. The lowest BCUT2D eigenvalue weighted by Gasteiger charge is -2.14. The van der Waals surface area contributed by atoms with Crippen molar-refractivity contribution < 1.29 is 19.5 Å². The number of para-hydroxylation sites is 1. The molecule has 0 unspecified atom stereocenters. The molecule has 0 saturated carbocycles. The molecule has 0 radical (unpaired) electrons. The van der Waals surface area contributed by atoms with E-state index in [4.69, 9.17) is 14.2 Å². The minimum Gasteiger partial charge on any atom is -0.493 e. The summed E-state index contributed by atoms with van der Waals surface area (Å²) in [6.45, 7) is 6.94. The standard InChI is InChI=1S/C16H23NO3/c1-3-9-20-16-13(6-4-8-15(16)18-2)11-17-12-14-7-5-10-19-14/h3-4,6,8,14,17H,1,5,7,9-12H2,2H3/p+1/t14-/m0/s1. The van der Waals surface area contributed by atoms with Gasteiger partial charge < -0.3 is 19.5 Å². The second kappa shape index (κ2) is 7.92. The first-order valence-corrected chi connectivity index (χ1v) is 7.18. The van der Waals surface area contributed by atoms with E-state index in [1.165, 1.54) is 12.8 Å². The van der Waals surface area contributed by atoms with E-state index < -0.39 is 0 Å². The van der Waals surface area contributed by atoms with E-state index >= 15 is 0 Å². The molecule has 0 amide bonds. The van der Waals surface area contributed by atoms with Gasteiger partial charge in [-0.3, -0.25) is 0 Å². The van der Waals surface area contributed by atoms with Crippen LogP contribution in [-0.2, 0) is 11.3 Å². The van der Waals surface area contributed by atoms with Crippen molar-refractivity contribution in [1.82, 2.24) is 0 Å². The maximum absolute atomic E-state index is 5.74. The zero-order chi connectivity index (χ0) is 14.2. The Balaban J connectivity index is 1.95. The van der Waals surface area contributed by atoms with Crippen molar-refractivity contribution >= 4 is 0 Å². The van der Waals surface area contributed by atoms with Gasteiger partial charge in [0.25, 0.3) is 0 Å². The summed E-state index contributed by atoms with van der Waals surface area (Å²) in [4.78, 5) is 0. The van der Waals surface area contributed by atoms with E-state index in [-0.39, 0.29) is 0 Å². The second-order valence-electron chi connectivity index (χ2n) is 4.91. The number of benzene rings is 1. The SMILES string of the molecule is C=CCOc1c(C[NH2+]C[C@@H]2CCCO2)cccc1OC. The fraction of sp³-hybridized carbons (Fsp3) is 0.500. The third-order valence-electron chi connectivity index (χ3n) is 3.44. The molecule has 1 aromatic carbocycles. The quantitative estimate of drug-likeness (QED) is 0.733. The summed E-state index contributed by atoms with van der Waals surface area (Å²) in [5, 5.41) is 2.27. The number of ether oxygens (including phenoxy) is 3. The molecule has 0 bridgehead atoms. The van der Waals surface area contributed by atoms with Crippen LogP contribution in [0.3, 0.4) is 0 Å². The van der Waals surface area contributed by atoms with Gasteiger partial charge in [0, 0.05) is 6.61 Å². The Hall–Kier alpha value is -1.52. The van der Waals surface area contributed by atoms with Crippen LogP contribution in [0.15, 0.2) is 30.9 Å². The average molecular weight is 278 g/mol. The van der Waals surface area contributed by atoms with Gasteiger partial charge in [-0.1, -0.05) is 18.7 Å². The number of hydrogen-bond acceptors (Lipinski definition) is 3. The largest absolute Gasteiger partial charge is 0.493 e. The molecule has 2 rings (SSSR count). The molecule has 4 heteroatoms. The number of rotatable bonds is 8. The maximum atomic E-state index is 5.74. The van der Waals surface area contributed by atoms with Crippen molar-refractivity contribution in [3.63, 3.8) is 0 Å². The molecule has 110 valence electrons. The summed E-state index contributed by atoms with van der Waals surface area (Å²) >= 11 is 0. The van der Waals surface area contributed by atoms with Crippen LogP contribution in [0.4, 0.5) is 0 Å². The molecule has 20 heavy (non-hydrogen) atoms. The Morgan fingerprint density at radius 1 is 1.50 bits per heavy atom. The topological polar surface area (TPSA) is 44.3 Å². The van der Waals surface area contributed by atoms with Crippen LogP contribution in [0, 0.1) is 0 Å². The molecular formula is C16H24NO3+. The van der Waals surface area contributed by atoms with Crippen molar-refractivity contribution in [3.05, 3.63) is 36.4 Å².